The Kier molecular flexibility index (Phi) is 13.8. The molecule has 3 fully saturated rings. The highest BCUT2D eigenvalue weighted by molar-refractivity contribution is 5.96. The highest BCUT2D eigenvalue weighted by atomic mass is 16.6. The first-order valence-electron chi connectivity index (χ1n) is 23.4. The number of aliphatic hydroxyl groups is 3. The lowest BCUT2D eigenvalue weighted by Gasteiger charge is -2.67. The van der Waals surface area contributed by atoms with Gasteiger partial charge in [-0.3, -0.25) is 19.2 Å². The number of ether oxygens (including phenoxy) is 6. The quantitative estimate of drug-likeness (QED) is 0.146. The number of esters is 4. The van der Waals surface area contributed by atoms with Gasteiger partial charge in [-0.2, -0.15) is 0 Å². The van der Waals surface area contributed by atoms with Crippen LogP contribution in [0.4, 0.5) is 0 Å². The number of Topliss-reactive ketones (excluding diaryl/α,β-unsaturated/α-hetero) is 1. The lowest BCUT2D eigenvalue weighted by atomic mass is 9.44. The fourth-order valence-corrected chi connectivity index (χ4v) is 11.2. The summed E-state index contributed by atoms with van der Waals surface area (Å²) in [5.41, 5.74) is -7.31. The summed E-state index contributed by atoms with van der Waals surface area (Å²) in [5, 5.41) is 41.2. The summed E-state index contributed by atoms with van der Waals surface area (Å²) in [6, 6.07) is 21.2. The highest BCUT2D eigenvalue weighted by Gasteiger charge is 2.78. The summed E-state index contributed by atoms with van der Waals surface area (Å²) in [6.07, 6.45) is -5.67. The minimum Gasteiger partial charge on any atom is -0.489 e. The van der Waals surface area contributed by atoms with E-state index in [4.69, 9.17) is 28.4 Å². The standard InChI is InChI=1S/C53H59NO15/c1-30-36-28-53(63)46(68-48(61)33-21-13-10-14-22-33)44-51(5,45(59)43(66-31(2)55)40(30)50(53,3)4)37(56)27-38-52(44,29-65-38)69-39(57)25-15-7-6-8-18-26-64-35-24-17-16-23-34(35)41(42(58)49(62)67-36)54-47(60)32-19-11-9-12-20-32/h8-14,16-24,36-38,41-44,46,56,58,63H,6-7,15,25-29H2,1-5H3,(H,54,60)/b18-8-/t36-,37-,38+,41-,42+,43+,44-,46-,51+,52-,53+/m0/s1. The van der Waals surface area contributed by atoms with Crippen LogP contribution in [0, 0.1) is 16.7 Å². The Hall–Kier alpha value is -6.20. The van der Waals surface area contributed by atoms with Crippen molar-refractivity contribution in [2.45, 2.75) is 127 Å². The summed E-state index contributed by atoms with van der Waals surface area (Å²) in [7, 11) is 0. The van der Waals surface area contributed by atoms with Gasteiger partial charge in [0.25, 0.3) is 5.91 Å². The lowest BCUT2D eigenvalue weighted by molar-refractivity contribution is -0.346. The Labute approximate surface area is 399 Å². The third-order valence-corrected chi connectivity index (χ3v) is 15.0. The van der Waals surface area contributed by atoms with Crippen LogP contribution in [0.15, 0.2) is 108 Å². The van der Waals surface area contributed by atoms with Crippen molar-refractivity contribution in [2.24, 2.45) is 16.7 Å². The molecule has 4 N–H and O–H groups in total. The van der Waals surface area contributed by atoms with Crippen molar-refractivity contribution >= 4 is 35.6 Å². The van der Waals surface area contributed by atoms with Crippen LogP contribution in [0.25, 0.3) is 0 Å². The summed E-state index contributed by atoms with van der Waals surface area (Å²) < 4.78 is 37.3. The molecule has 2 saturated carbocycles. The van der Waals surface area contributed by atoms with Gasteiger partial charge in [0.1, 0.15) is 36.3 Å². The van der Waals surface area contributed by atoms with Crippen LogP contribution in [-0.4, -0.2) is 112 Å². The molecule has 2 aliphatic heterocycles. The largest absolute Gasteiger partial charge is 0.489 e. The van der Waals surface area contributed by atoms with E-state index in [2.05, 4.69) is 5.32 Å². The van der Waals surface area contributed by atoms with Crippen LogP contribution in [0.3, 0.4) is 0 Å². The van der Waals surface area contributed by atoms with Gasteiger partial charge in [-0.15, -0.1) is 0 Å². The number of ketones is 1. The van der Waals surface area contributed by atoms with Crippen LogP contribution in [0.1, 0.15) is 105 Å². The Morgan fingerprint density at radius 1 is 0.841 bits per heavy atom. The molecule has 0 radical (unpaired) electrons. The van der Waals surface area contributed by atoms with E-state index in [0.717, 1.165) is 6.92 Å². The first kappa shape index (κ1) is 49.2. The van der Waals surface area contributed by atoms with Gasteiger partial charge in [-0.1, -0.05) is 80.6 Å². The first-order valence-corrected chi connectivity index (χ1v) is 23.4. The van der Waals surface area contributed by atoms with Crippen molar-refractivity contribution in [3.8, 4) is 5.75 Å². The van der Waals surface area contributed by atoms with E-state index in [1.807, 2.05) is 6.08 Å². The van der Waals surface area contributed by atoms with Crippen molar-refractivity contribution < 1.29 is 72.5 Å². The Balaban J connectivity index is 1.33. The maximum Gasteiger partial charge on any atom is 0.338 e. The Morgan fingerprint density at radius 3 is 2.17 bits per heavy atom. The van der Waals surface area contributed by atoms with Crippen molar-refractivity contribution in [2.75, 3.05) is 13.2 Å². The molecular weight excluding hydrogens is 891 g/mol. The molecule has 69 heavy (non-hydrogen) atoms. The minimum atomic E-state index is -2.42. The average Bonchev–Trinajstić information content (AvgIpc) is 3.32. The number of nitrogens with one attached hydrogen (secondary N) is 1. The average molecular weight is 950 g/mol. The van der Waals surface area contributed by atoms with Gasteiger partial charge in [0.15, 0.2) is 23.6 Å². The molecule has 3 aliphatic carbocycles. The van der Waals surface area contributed by atoms with Crippen LogP contribution < -0.4 is 10.1 Å². The van der Waals surface area contributed by atoms with E-state index in [-0.39, 0.29) is 59.6 Å². The van der Waals surface area contributed by atoms with Crippen molar-refractivity contribution in [3.05, 3.63) is 125 Å². The fraction of sp³-hybridized carbons (Fsp3) is 0.472. The van der Waals surface area contributed by atoms with E-state index in [9.17, 15) is 39.3 Å². The number of aliphatic hydroxyl groups excluding tert-OH is 2. The van der Waals surface area contributed by atoms with Gasteiger partial charge < -0.3 is 49.1 Å². The molecular formula is C53H59NO15. The van der Waals surface area contributed by atoms with Gasteiger partial charge in [0, 0.05) is 42.7 Å². The second-order valence-corrected chi connectivity index (χ2v) is 19.4. The second kappa shape index (κ2) is 19.3. The molecule has 11 atom stereocenters. The van der Waals surface area contributed by atoms with E-state index in [1.54, 1.807) is 92.7 Å². The zero-order valence-corrected chi connectivity index (χ0v) is 39.3. The first-order chi connectivity index (χ1) is 32.8. The van der Waals surface area contributed by atoms with E-state index in [0.29, 0.717) is 19.3 Å². The number of allylic oxidation sites excluding steroid dienone is 1. The number of hydrogen-bond acceptors (Lipinski definition) is 15. The van der Waals surface area contributed by atoms with Crippen LogP contribution >= 0.6 is 0 Å². The zero-order chi connectivity index (χ0) is 49.5. The molecule has 3 aromatic rings. The van der Waals surface area contributed by atoms with Crippen molar-refractivity contribution in [1.82, 2.24) is 5.32 Å². The Bertz CT molecular complexity index is 2540. The number of benzene rings is 3. The maximum absolute atomic E-state index is 15.8. The van der Waals surface area contributed by atoms with E-state index < -0.39 is 113 Å². The molecule has 5 aliphatic rings. The molecule has 8 rings (SSSR count). The second-order valence-electron chi connectivity index (χ2n) is 19.4. The van der Waals surface area contributed by atoms with E-state index in [1.165, 1.54) is 26.0 Å². The topological polar surface area (TPSA) is 231 Å². The number of rotatable bonds is 5. The number of amides is 1. The summed E-state index contributed by atoms with van der Waals surface area (Å²) in [5.74, 6) is -6.57. The molecule has 1 saturated heterocycles. The predicted molar refractivity (Wildman–Crippen MR) is 245 cm³/mol. The predicted octanol–water partition coefficient (Wildman–Crippen LogP) is 5.22. The molecule has 1 spiro atoms. The van der Waals surface area contributed by atoms with Gasteiger partial charge in [-0.25, -0.2) is 9.59 Å². The number of carbonyl (C=O) groups is 6. The van der Waals surface area contributed by atoms with Crippen LogP contribution in [-0.2, 0) is 42.9 Å². The fourth-order valence-electron chi connectivity index (χ4n) is 11.2. The molecule has 366 valence electrons. The van der Waals surface area contributed by atoms with Crippen LogP contribution in [0.5, 0.6) is 5.75 Å². The van der Waals surface area contributed by atoms with Crippen LogP contribution in [0.2, 0.25) is 0 Å². The number of hydrogen-bond donors (Lipinski definition) is 4. The smallest absolute Gasteiger partial charge is 0.338 e. The number of fused-ring (bicyclic) bond motifs is 3. The summed E-state index contributed by atoms with van der Waals surface area (Å²) >= 11 is 0. The normalized spacial score (nSPS) is 33.9. The zero-order valence-electron chi connectivity index (χ0n) is 39.3. The van der Waals surface area contributed by atoms with Crippen molar-refractivity contribution in [1.29, 1.82) is 0 Å². The SMILES string of the molecule is CC(=O)O[C@H]1C(=O)[C@@]2(C)[C@@H]3[C@H](OC(=O)c4ccccc4)[C@]4(O)C[C@H](OC(=O)[C@H](O)[C@@H](NC(=O)c5ccccc5)c5ccccc5OC/C=C\CCCCC(=O)O[C@]35CO[C@@H]5C[C@@H]2O)C(C)=C1C4(C)C. The minimum absolute atomic E-state index is 0.00964. The molecule has 0 unspecified atom stereocenters. The molecule has 0 aromatic heterocycles. The third kappa shape index (κ3) is 8.76. The molecule has 16 heteroatoms. The maximum atomic E-state index is 15.8. The monoisotopic (exact) mass is 949 g/mol. The van der Waals surface area contributed by atoms with Gasteiger partial charge in [0.2, 0.25) is 0 Å². The van der Waals surface area contributed by atoms with Gasteiger partial charge in [-0.05, 0) is 74.6 Å². The Morgan fingerprint density at radius 2 is 1.51 bits per heavy atom. The van der Waals surface area contributed by atoms with E-state index >= 15 is 4.79 Å². The lowest BCUT2D eigenvalue weighted by Crippen LogP contribution is -2.82. The molecule has 4 bridgehead atoms. The molecule has 1 amide bonds. The van der Waals surface area contributed by atoms with Gasteiger partial charge >= 0.3 is 23.9 Å². The number of carbonyl (C=O) groups excluding carboxylic acids is 6. The number of para-hydroxylation sites is 1. The summed E-state index contributed by atoms with van der Waals surface area (Å²) in [4.78, 5) is 86.1. The molecule has 2 heterocycles. The summed E-state index contributed by atoms with van der Waals surface area (Å²) in [6.45, 7) is 6.97. The molecule has 3 aromatic carbocycles. The molecule has 16 nitrogen and oxygen atoms in total. The highest BCUT2D eigenvalue weighted by Crippen LogP contribution is 2.64. The van der Waals surface area contributed by atoms with Gasteiger partial charge in [0.05, 0.1) is 35.6 Å². The van der Waals surface area contributed by atoms with Crippen molar-refractivity contribution in [3.63, 3.8) is 0 Å². The third-order valence-electron chi connectivity index (χ3n) is 15.0.